The Morgan fingerprint density at radius 2 is 1.89 bits per heavy atom. The maximum atomic E-state index is 10.5. The minimum Gasteiger partial charge on any atom is -0.389 e. The van der Waals surface area contributed by atoms with E-state index in [0.29, 0.717) is 6.54 Å². The first-order valence-corrected chi connectivity index (χ1v) is 6.94. The zero-order valence-electron chi connectivity index (χ0n) is 11.9. The van der Waals surface area contributed by atoms with Gasteiger partial charge in [0.25, 0.3) is 0 Å². The number of hydrogen-bond acceptors (Lipinski definition) is 3. The number of nitrogens with one attached hydrogen (secondary N) is 1. The van der Waals surface area contributed by atoms with Crippen LogP contribution in [-0.4, -0.2) is 22.2 Å². The standard InChI is InChI=1S/C15H26N2O/c1-4-8-15(18,9-5-2)12-16-11-14-7-6-13(3)10-17-14/h6-7,10,16,18H,4-5,8-9,11-12H2,1-3H3. The molecule has 1 rings (SSSR count). The highest BCUT2D eigenvalue weighted by Crippen LogP contribution is 2.18. The number of pyridine rings is 1. The molecule has 0 radical (unpaired) electrons. The Kier molecular flexibility index (Phi) is 6.30. The van der Waals surface area contributed by atoms with Crippen molar-refractivity contribution in [2.75, 3.05) is 6.54 Å². The average Bonchev–Trinajstić information content (AvgIpc) is 2.32. The van der Waals surface area contributed by atoms with E-state index in [1.807, 2.05) is 19.2 Å². The molecule has 1 aromatic heterocycles. The van der Waals surface area contributed by atoms with Crippen LogP contribution in [0.1, 0.15) is 50.8 Å². The van der Waals surface area contributed by atoms with E-state index in [4.69, 9.17) is 0 Å². The first-order chi connectivity index (χ1) is 8.59. The molecule has 1 heterocycles. The Balaban J connectivity index is 2.40. The molecule has 0 atom stereocenters. The summed E-state index contributed by atoms with van der Waals surface area (Å²) in [6, 6.07) is 4.09. The van der Waals surface area contributed by atoms with Gasteiger partial charge in [0.2, 0.25) is 0 Å². The maximum Gasteiger partial charge on any atom is 0.0771 e. The Labute approximate surface area is 111 Å². The third-order valence-corrected chi connectivity index (χ3v) is 3.16. The van der Waals surface area contributed by atoms with Gasteiger partial charge in [-0.1, -0.05) is 32.8 Å². The van der Waals surface area contributed by atoms with Gasteiger partial charge in [-0.3, -0.25) is 4.98 Å². The number of hydrogen-bond donors (Lipinski definition) is 2. The summed E-state index contributed by atoms with van der Waals surface area (Å²) >= 11 is 0. The summed E-state index contributed by atoms with van der Waals surface area (Å²) in [6.07, 6.45) is 5.62. The fourth-order valence-electron chi connectivity index (χ4n) is 2.26. The van der Waals surface area contributed by atoms with E-state index in [9.17, 15) is 5.11 Å². The molecule has 3 nitrogen and oxygen atoms in total. The van der Waals surface area contributed by atoms with E-state index in [1.54, 1.807) is 0 Å². The van der Waals surface area contributed by atoms with E-state index >= 15 is 0 Å². The van der Waals surface area contributed by atoms with Crippen LogP contribution in [0.4, 0.5) is 0 Å². The quantitative estimate of drug-likeness (QED) is 0.745. The molecule has 0 spiro atoms. The largest absolute Gasteiger partial charge is 0.389 e. The highest BCUT2D eigenvalue weighted by atomic mass is 16.3. The molecular formula is C15H26N2O. The van der Waals surface area contributed by atoms with Crippen molar-refractivity contribution in [1.82, 2.24) is 10.3 Å². The molecule has 18 heavy (non-hydrogen) atoms. The number of aryl methyl sites for hydroxylation is 1. The van der Waals surface area contributed by atoms with Crippen LogP contribution in [0.3, 0.4) is 0 Å². The fourth-order valence-corrected chi connectivity index (χ4v) is 2.26. The average molecular weight is 250 g/mol. The zero-order valence-corrected chi connectivity index (χ0v) is 11.9. The lowest BCUT2D eigenvalue weighted by Gasteiger charge is -2.27. The molecule has 0 aliphatic rings. The second-order valence-electron chi connectivity index (χ2n) is 5.15. The fraction of sp³-hybridized carbons (Fsp3) is 0.667. The van der Waals surface area contributed by atoms with Crippen molar-refractivity contribution in [2.45, 2.75) is 58.6 Å². The molecule has 0 saturated carbocycles. The second kappa shape index (κ2) is 7.49. The molecule has 1 aromatic rings. The van der Waals surface area contributed by atoms with E-state index in [1.165, 1.54) is 5.56 Å². The predicted molar refractivity (Wildman–Crippen MR) is 75.4 cm³/mol. The topological polar surface area (TPSA) is 45.1 Å². The summed E-state index contributed by atoms with van der Waals surface area (Å²) < 4.78 is 0. The van der Waals surface area contributed by atoms with E-state index in [0.717, 1.165) is 37.9 Å². The SMILES string of the molecule is CCCC(O)(CCC)CNCc1ccc(C)cn1. The third kappa shape index (κ3) is 5.15. The molecule has 3 heteroatoms. The van der Waals surface area contributed by atoms with Crippen molar-refractivity contribution in [1.29, 1.82) is 0 Å². The van der Waals surface area contributed by atoms with Gasteiger partial charge >= 0.3 is 0 Å². The predicted octanol–water partition coefficient (Wildman–Crippen LogP) is 2.81. The Morgan fingerprint density at radius 3 is 2.39 bits per heavy atom. The van der Waals surface area contributed by atoms with Crippen molar-refractivity contribution in [3.05, 3.63) is 29.6 Å². The third-order valence-electron chi connectivity index (χ3n) is 3.16. The van der Waals surface area contributed by atoms with Gasteiger partial charge in [-0.25, -0.2) is 0 Å². The van der Waals surface area contributed by atoms with Gasteiger partial charge in [0.1, 0.15) is 0 Å². The molecule has 0 amide bonds. The van der Waals surface area contributed by atoms with Crippen LogP contribution in [-0.2, 0) is 6.54 Å². The van der Waals surface area contributed by atoms with E-state index in [-0.39, 0.29) is 0 Å². The highest BCUT2D eigenvalue weighted by Gasteiger charge is 2.23. The normalized spacial score (nSPS) is 11.8. The van der Waals surface area contributed by atoms with Crippen molar-refractivity contribution < 1.29 is 5.11 Å². The molecule has 0 aliphatic carbocycles. The first-order valence-electron chi connectivity index (χ1n) is 6.94. The van der Waals surface area contributed by atoms with Crippen LogP contribution in [0.2, 0.25) is 0 Å². The molecule has 102 valence electrons. The van der Waals surface area contributed by atoms with Gasteiger partial charge in [-0.2, -0.15) is 0 Å². The maximum absolute atomic E-state index is 10.5. The summed E-state index contributed by atoms with van der Waals surface area (Å²) in [7, 11) is 0. The van der Waals surface area contributed by atoms with Crippen LogP contribution in [0.5, 0.6) is 0 Å². The van der Waals surface area contributed by atoms with Gasteiger partial charge in [0.15, 0.2) is 0 Å². The minimum atomic E-state index is -0.561. The van der Waals surface area contributed by atoms with Crippen LogP contribution < -0.4 is 5.32 Å². The van der Waals surface area contributed by atoms with Crippen LogP contribution >= 0.6 is 0 Å². The summed E-state index contributed by atoms with van der Waals surface area (Å²) in [6.45, 7) is 7.62. The lowest BCUT2D eigenvalue weighted by atomic mass is 9.92. The van der Waals surface area contributed by atoms with E-state index < -0.39 is 5.60 Å². The molecule has 0 bridgehead atoms. The molecule has 0 aliphatic heterocycles. The number of aromatic nitrogens is 1. The highest BCUT2D eigenvalue weighted by molar-refractivity contribution is 5.11. The molecule has 0 saturated heterocycles. The van der Waals surface area contributed by atoms with Crippen LogP contribution in [0, 0.1) is 6.92 Å². The Bertz CT molecular complexity index is 329. The molecule has 0 fully saturated rings. The lowest BCUT2D eigenvalue weighted by molar-refractivity contribution is 0.0214. The number of nitrogens with zero attached hydrogens (tertiary/aromatic N) is 1. The minimum absolute atomic E-state index is 0.561. The lowest BCUT2D eigenvalue weighted by Crippen LogP contribution is -2.40. The Morgan fingerprint density at radius 1 is 1.22 bits per heavy atom. The first kappa shape index (κ1) is 15.1. The van der Waals surface area contributed by atoms with Gasteiger partial charge in [0.05, 0.1) is 11.3 Å². The number of rotatable bonds is 8. The summed E-state index contributed by atoms with van der Waals surface area (Å²) in [5, 5.41) is 13.8. The second-order valence-corrected chi connectivity index (χ2v) is 5.15. The van der Waals surface area contributed by atoms with Gasteiger partial charge in [-0.15, -0.1) is 0 Å². The van der Waals surface area contributed by atoms with Crippen molar-refractivity contribution >= 4 is 0 Å². The van der Waals surface area contributed by atoms with Gasteiger partial charge < -0.3 is 10.4 Å². The van der Waals surface area contributed by atoms with Crippen LogP contribution in [0.25, 0.3) is 0 Å². The van der Waals surface area contributed by atoms with E-state index in [2.05, 4.69) is 30.2 Å². The summed E-state index contributed by atoms with van der Waals surface area (Å²) in [5.41, 5.74) is 1.64. The molecule has 0 aromatic carbocycles. The molecule has 0 unspecified atom stereocenters. The van der Waals surface area contributed by atoms with Crippen molar-refractivity contribution in [3.8, 4) is 0 Å². The molecular weight excluding hydrogens is 224 g/mol. The summed E-state index contributed by atoms with van der Waals surface area (Å²) in [5.74, 6) is 0. The molecule has 2 N–H and O–H groups in total. The smallest absolute Gasteiger partial charge is 0.0771 e. The van der Waals surface area contributed by atoms with Crippen molar-refractivity contribution in [3.63, 3.8) is 0 Å². The number of aliphatic hydroxyl groups is 1. The van der Waals surface area contributed by atoms with Gasteiger partial charge in [-0.05, 0) is 31.4 Å². The van der Waals surface area contributed by atoms with Crippen LogP contribution in [0.15, 0.2) is 18.3 Å². The zero-order chi connectivity index (χ0) is 13.4. The van der Waals surface area contributed by atoms with Gasteiger partial charge in [0, 0.05) is 19.3 Å². The monoisotopic (exact) mass is 250 g/mol. The Hall–Kier alpha value is -0.930. The summed E-state index contributed by atoms with van der Waals surface area (Å²) in [4.78, 5) is 4.35. The van der Waals surface area contributed by atoms with Crippen molar-refractivity contribution in [2.24, 2.45) is 0 Å².